The molecule has 4 heteroatoms. The fourth-order valence-corrected chi connectivity index (χ4v) is 1.90. The maximum absolute atomic E-state index is 12.0. The van der Waals surface area contributed by atoms with E-state index in [-0.39, 0.29) is 5.76 Å². The number of nitrogens with zero attached hydrogens (tertiary/aromatic N) is 3. The van der Waals surface area contributed by atoms with Crippen molar-refractivity contribution in [3.63, 3.8) is 0 Å². The summed E-state index contributed by atoms with van der Waals surface area (Å²) in [7, 11) is 0. The van der Waals surface area contributed by atoms with E-state index in [1.54, 1.807) is 24.8 Å². The van der Waals surface area contributed by atoms with E-state index in [2.05, 4.69) is 5.10 Å². The summed E-state index contributed by atoms with van der Waals surface area (Å²) in [6, 6.07) is 19.0. The van der Waals surface area contributed by atoms with Gasteiger partial charge in [-0.05, 0) is 17.7 Å². The molecule has 0 aliphatic carbocycles. The maximum atomic E-state index is 12.0. The second-order valence-corrected chi connectivity index (χ2v) is 4.33. The lowest BCUT2D eigenvalue weighted by Gasteiger charge is -2.08. The maximum Gasteiger partial charge on any atom is 0.270 e. The highest BCUT2D eigenvalue weighted by atomic mass is 16.3. The topological polar surface area (TPSA) is 44.8 Å². The molecule has 0 amide bonds. The number of hydrogen-bond acceptors (Lipinski definition) is 2. The molecule has 0 unspecified atom stereocenters. The molecule has 0 saturated heterocycles. The summed E-state index contributed by atoms with van der Waals surface area (Å²) in [6.07, 6.45) is 4.90. The van der Waals surface area contributed by atoms with E-state index in [0.29, 0.717) is 5.56 Å². The highest BCUT2D eigenvalue weighted by Crippen LogP contribution is 2.08. The van der Waals surface area contributed by atoms with Crippen LogP contribution in [0.3, 0.4) is 0 Å². The van der Waals surface area contributed by atoms with Gasteiger partial charge in [0.2, 0.25) is 6.33 Å². The highest BCUT2D eigenvalue weighted by molar-refractivity contribution is 5.66. The highest BCUT2D eigenvalue weighted by Gasteiger charge is 2.05. The normalized spacial score (nSPS) is 11.5. The molecule has 0 N–H and O–H groups in total. The SMILES string of the molecule is [O-]/C(=C\n1c[n+](-c2ccccc2)cn1)c1ccccc1. The Morgan fingerprint density at radius 2 is 1.65 bits per heavy atom. The first-order valence-electron chi connectivity index (χ1n) is 6.28. The second kappa shape index (κ2) is 5.40. The Morgan fingerprint density at radius 1 is 1.00 bits per heavy atom. The molecule has 2 aromatic carbocycles. The summed E-state index contributed by atoms with van der Waals surface area (Å²) < 4.78 is 3.37. The van der Waals surface area contributed by atoms with E-state index >= 15 is 0 Å². The zero-order valence-electron chi connectivity index (χ0n) is 10.8. The number of benzene rings is 2. The zero-order valence-corrected chi connectivity index (χ0v) is 10.8. The minimum Gasteiger partial charge on any atom is -0.870 e. The molecule has 0 aliphatic heterocycles. The van der Waals surface area contributed by atoms with E-state index < -0.39 is 0 Å². The van der Waals surface area contributed by atoms with Crippen LogP contribution in [0, 0.1) is 0 Å². The minimum absolute atomic E-state index is 0.0751. The first kappa shape index (κ1) is 12.2. The van der Waals surface area contributed by atoms with Crippen LogP contribution in [0.4, 0.5) is 0 Å². The summed E-state index contributed by atoms with van der Waals surface area (Å²) >= 11 is 0. The summed E-state index contributed by atoms with van der Waals surface area (Å²) in [5, 5.41) is 16.2. The van der Waals surface area contributed by atoms with Crippen molar-refractivity contribution in [1.29, 1.82) is 0 Å². The van der Waals surface area contributed by atoms with Crippen molar-refractivity contribution in [3.8, 4) is 5.69 Å². The van der Waals surface area contributed by atoms with Crippen molar-refractivity contribution in [2.75, 3.05) is 0 Å². The molecule has 4 nitrogen and oxygen atoms in total. The van der Waals surface area contributed by atoms with Crippen molar-refractivity contribution in [2.45, 2.75) is 0 Å². The Labute approximate surface area is 116 Å². The summed E-state index contributed by atoms with van der Waals surface area (Å²) in [4.78, 5) is 0. The number of hydrogen-bond donors (Lipinski definition) is 0. The fraction of sp³-hybridized carbons (Fsp3) is 0. The lowest BCUT2D eigenvalue weighted by atomic mass is 10.2. The average molecular weight is 263 g/mol. The van der Waals surface area contributed by atoms with Gasteiger partial charge in [-0.3, -0.25) is 0 Å². The predicted molar refractivity (Wildman–Crippen MR) is 74.4 cm³/mol. The van der Waals surface area contributed by atoms with Crippen molar-refractivity contribution in [2.24, 2.45) is 0 Å². The van der Waals surface area contributed by atoms with Gasteiger partial charge >= 0.3 is 0 Å². The van der Waals surface area contributed by atoms with Crippen LogP contribution in [0.2, 0.25) is 0 Å². The van der Waals surface area contributed by atoms with Crippen LogP contribution >= 0.6 is 0 Å². The molecular weight excluding hydrogens is 250 g/mol. The molecule has 3 rings (SSSR count). The van der Waals surface area contributed by atoms with E-state index in [1.807, 2.05) is 53.1 Å². The molecule has 3 aromatic rings. The second-order valence-electron chi connectivity index (χ2n) is 4.33. The average Bonchev–Trinajstić information content (AvgIpc) is 2.97. The summed E-state index contributed by atoms with van der Waals surface area (Å²) in [5.74, 6) is -0.0751. The predicted octanol–water partition coefficient (Wildman–Crippen LogP) is 1.48. The Balaban J connectivity index is 1.88. The summed E-state index contributed by atoms with van der Waals surface area (Å²) in [6.45, 7) is 0. The van der Waals surface area contributed by atoms with Crippen LogP contribution in [-0.2, 0) is 0 Å². The fourth-order valence-electron chi connectivity index (χ4n) is 1.90. The van der Waals surface area contributed by atoms with E-state index in [0.717, 1.165) is 5.69 Å². The molecule has 0 fully saturated rings. The van der Waals surface area contributed by atoms with Crippen molar-refractivity contribution >= 4 is 12.0 Å². The van der Waals surface area contributed by atoms with Gasteiger partial charge in [0, 0.05) is 5.10 Å². The van der Waals surface area contributed by atoms with Gasteiger partial charge in [0.25, 0.3) is 6.33 Å². The number of rotatable bonds is 3. The van der Waals surface area contributed by atoms with Crippen LogP contribution < -0.4 is 9.67 Å². The molecular formula is C16H13N3O. The Morgan fingerprint density at radius 3 is 2.35 bits per heavy atom. The van der Waals surface area contributed by atoms with Crippen molar-refractivity contribution < 1.29 is 9.67 Å². The third-order valence-electron chi connectivity index (χ3n) is 2.91. The van der Waals surface area contributed by atoms with Gasteiger partial charge < -0.3 is 5.11 Å². The molecule has 1 heterocycles. The monoisotopic (exact) mass is 263 g/mol. The van der Waals surface area contributed by atoms with Gasteiger partial charge in [-0.1, -0.05) is 59.0 Å². The van der Waals surface area contributed by atoms with Crippen molar-refractivity contribution in [3.05, 3.63) is 78.9 Å². The lowest BCUT2D eigenvalue weighted by molar-refractivity contribution is -0.596. The number of aromatic nitrogens is 3. The van der Waals surface area contributed by atoms with Crippen LogP contribution in [0.25, 0.3) is 17.6 Å². The van der Waals surface area contributed by atoms with Gasteiger partial charge in [-0.2, -0.15) is 0 Å². The molecule has 0 spiro atoms. The van der Waals surface area contributed by atoms with Gasteiger partial charge in [-0.15, -0.1) is 0 Å². The van der Waals surface area contributed by atoms with E-state index in [4.69, 9.17) is 0 Å². The van der Waals surface area contributed by atoms with Gasteiger partial charge in [0.15, 0.2) is 0 Å². The summed E-state index contributed by atoms with van der Waals surface area (Å²) in [5.41, 5.74) is 1.65. The third kappa shape index (κ3) is 2.59. The largest absolute Gasteiger partial charge is 0.870 e. The quantitative estimate of drug-likeness (QED) is 0.530. The first-order chi connectivity index (χ1) is 9.83. The standard InChI is InChI=1S/C16H13N3O/c20-16(14-7-3-1-4-8-14)11-19-13-18(12-17-19)15-9-5-2-6-10-15/h1-13H/b16-11-. The first-order valence-corrected chi connectivity index (χ1v) is 6.28. The minimum atomic E-state index is -0.0751. The molecule has 98 valence electrons. The molecule has 20 heavy (non-hydrogen) atoms. The molecule has 0 aliphatic rings. The van der Waals surface area contributed by atoms with Crippen LogP contribution in [-0.4, -0.2) is 9.78 Å². The van der Waals surface area contributed by atoms with Crippen LogP contribution in [0.1, 0.15) is 5.56 Å². The Bertz CT molecular complexity index is 718. The molecule has 0 bridgehead atoms. The van der Waals surface area contributed by atoms with Gasteiger partial charge in [-0.25, -0.2) is 4.57 Å². The molecule has 0 atom stereocenters. The third-order valence-corrected chi connectivity index (χ3v) is 2.91. The smallest absolute Gasteiger partial charge is 0.270 e. The molecule has 1 aromatic heterocycles. The van der Waals surface area contributed by atoms with Crippen LogP contribution in [0.15, 0.2) is 73.3 Å². The molecule has 0 saturated carbocycles. The molecule has 0 radical (unpaired) electrons. The van der Waals surface area contributed by atoms with E-state index in [9.17, 15) is 5.11 Å². The Kier molecular flexibility index (Phi) is 3.29. The number of para-hydroxylation sites is 1. The Hall–Kier alpha value is -2.88. The zero-order chi connectivity index (χ0) is 13.8. The van der Waals surface area contributed by atoms with E-state index in [1.165, 1.54) is 10.9 Å². The van der Waals surface area contributed by atoms with Crippen molar-refractivity contribution in [1.82, 2.24) is 9.78 Å². The van der Waals surface area contributed by atoms with Gasteiger partial charge in [0.1, 0.15) is 5.69 Å². The lowest BCUT2D eigenvalue weighted by Crippen LogP contribution is -2.27. The van der Waals surface area contributed by atoms with Gasteiger partial charge in [0.05, 0.1) is 6.20 Å². The van der Waals surface area contributed by atoms with Crippen LogP contribution in [0.5, 0.6) is 0 Å².